The van der Waals surface area contributed by atoms with E-state index < -0.39 is 0 Å². The molecule has 10 nitrogen and oxygen atoms in total. The lowest BCUT2D eigenvalue weighted by Crippen LogP contribution is -2.38. The van der Waals surface area contributed by atoms with Crippen molar-refractivity contribution < 1.29 is 9.59 Å². The van der Waals surface area contributed by atoms with Gasteiger partial charge in [0.05, 0.1) is 0 Å². The van der Waals surface area contributed by atoms with Gasteiger partial charge in [0, 0.05) is 48.3 Å². The first kappa shape index (κ1) is 20.6. The molecule has 1 aliphatic rings. The summed E-state index contributed by atoms with van der Waals surface area (Å²) in [6.07, 6.45) is 6.23. The highest BCUT2D eigenvalue weighted by Crippen LogP contribution is 2.23. The summed E-state index contributed by atoms with van der Waals surface area (Å²) in [5.41, 5.74) is 2.43. The molecule has 1 aromatic carbocycles. The average Bonchev–Trinajstić information content (AvgIpc) is 3.33. The van der Waals surface area contributed by atoms with Crippen molar-refractivity contribution in [2.45, 2.75) is 12.8 Å². The van der Waals surface area contributed by atoms with Crippen LogP contribution in [0.3, 0.4) is 0 Å². The third kappa shape index (κ3) is 4.64. The van der Waals surface area contributed by atoms with Crippen molar-refractivity contribution in [3.8, 4) is 0 Å². The van der Waals surface area contributed by atoms with Crippen LogP contribution in [0, 0.1) is 5.92 Å². The molecule has 1 fully saturated rings. The highest BCUT2D eigenvalue weighted by molar-refractivity contribution is 6.05. The smallest absolute Gasteiger partial charge is 0.255 e. The van der Waals surface area contributed by atoms with Gasteiger partial charge in [0.2, 0.25) is 5.91 Å². The van der Waals surface area contributed by atoms with Crippen molar-refractivity contribution >= 4 is 34.7 Å². The fraction of sp³-hybridized carbons (Fsp3) is 0.217. The number of aromatic nitrogens is 5. The molecule has 0 atom stereocenters. The number of carbonyl (C=O) groups excluding carboxylic acids is 2. The molecule has 2 N–H and O–H groups in total. The fourth-order valence-electron chi connectivity index (χ4n) is 3.88. The molecule has 5 rings (SSSR count). The highest BCUT2D eigenvalue weighted by Gasteiger charge is 2.26. The van der Waals surface area contributed by atoms with Crippen molar-refractivity contribution in [1.29, 1.82) is 0 Å². The number of fused-ring (bicyclic) bond motifs is 1. The lowest BCUT2D eigenvalue weighted by atomic mass is 9.95. The van der Waals surface area contributed by atoms with E-state index >= 15 is 0 Å². The van der Waals surface area contributed by atoms with Crippen molar-refractivity contribution in [2.24, 2.45) is 5.92 Å². The van der Waals surface area contributed by atoms with Crippen molar-refractivity contribution in [2.75, 3.05) is 28.6 Å². The Labute approximate surface area is 189 Å². The molecular weight excluding hydrogens is 420 g/mol. The largest absolute Gasteiger partial charge is 0.355 e. The number of amides is 2. The molecule has 0 saturated carbocycles. The first-order chi connectivity index (χ1) is 16.2. The Morgan fingerprint density at radius 3 is 2.58 bits per heavy atom. The summed E-state index contributed by atoms with van der Waals surface area (Å²) in [5, 5.41) is 18.1. The van der Waals surface area contributed by atoms with E-state index in [0.717, 1.165) is 31.7 Å². The summed E-state index contributed by atoms with van der Waals surface area (Å²) in [4.78, 5) is 31.5. The van der Waals surface area contributed by atoms with E-state index in [9.17, 15) is 9.59 Å². The first-order valence-electron chi connectivity index (χ1n) is 10.7. The molecule has 4 aromatic rings. The third-order valence-corrected chi connectivity index (χ3v) is 5.67. The molecule has 4 heterocycles. The summed E-state index contributed by atoms with van der Waals surface area (Å²) in [7, 11) is 0. The molecule has 2 amide bonds. The zero-order valence-corrected chi connectivity index (χ0v) is 17.8. The van der Waals surface area contributed by atoms with Crippen LogP contribution in [0.25, 0.3) is 5.65 Å². The molecule has 10 heteroatoms. The van der Waals surface area contributed by atoms with Crippen molar-refractivity contribution in [1.82, 2.24) is 24.8 Å². The molecule has 3 aromatic heterocycles. The summed E-state index contributed by atoms with van der Waals surface area (Å²) in [6, 6.07) is 14.2. The van der Waals surface area contributed by atoms with Crippen LogP contribution in [-0.4, -0.2) is 49.7 Å². The Balaban J connectivity index is 1.18. The van der Waals surface area contributed by atoms with Gasteiger partial charge in [-0.05, 0) is 55.3 Å². The number of hydrogen-bond donors (Lipinski definition) is 2. The van der Waals surface area contributed by atoms with Crippen molar-refractivity contribution in [3.05, 3.63) is 72.8 Å². The van der Waals surface area contributed by atoms with E-state index in [0.29, 0.717) is 22.6 Å². The van der Waals surface area contributed by atoms with Gasteiger partial charge in [-0.15, -0.1) is 15.3 Å². The SMILES string of the molecule is O=C(Nc1ccncc1)c1cccc(NC(=O)C2CCN(c3ccc4nncn4n3)CC2)c1. The van der Waals surface area contributed by atoms with Crippen LogP contribution in [0.15, 0.2) is 67.3 Å². The Morgan fingerprint density at radius 1 is 0.939 bits per heavy atom. The second kappa shape index (κ2) is 9.03. The number of nitrogens with zero attached hydrogens (tertiary/aromatic N) is 6. The fourth-order valence-corrected chi connectivity index (χ4v) is 3.88. The minimum absolute atomic E-state index is 0.0384. The standard InChI is InChI=1S/C23H22N8O2/c32-22(16-8-12-30(13-9-16)21-5-4-20-28-25-15-31(20)29-21)27-19-3-1-2-17(14-19)23(33)26-18-6-10-24-11-7-18/h1-7,10-11,14-16H,8-9,12-13H2,(H,27,32)(H,24,26,33). The predicted molar refractivity (Wildman–Crippen MR) is 123 cm³/mol. The van der Waals surface area contributed by atoms with Gasteiger partial charge >= 0.3 is 0 Å². The Morgan fingerprint density at radius 2 is 1.76 bits per heavy atom. The maximum atomic E-state index is 12.8. The van der Waals surface area contributed by atoms with Crippen LogP contribution >= 0.6 is 0 Å². The number of anilines is 3. The molecule has 1 aliphatic heterocycles. The topological polar surface area (TPSA) is 117 Å². The molecule has 166 valence electrons. The monoisotopic (exact) mass is 442 g/mol. The maximum absolute atomic E-state index is 12.8. The molecule has 0 unspecified atom stereocenters. The zero-order valence-electron chi connectivity index (χ0n) is 17.8. The Hall–Kier alpha value is -4.34. The summed E-state index contributed by atoms with van der Waals surface area (Å²) >= 11 is 0. The third-order valence-electron chi connectivity index (χ3n) is 5.67. The van der Waals surface area contributed by atoms with E-state index in [4.69, 9.17) is 0 Å². The van der Waals surface area contributed by atoms with Crippen LogP contribution < -0.4 is 15.5 Å². The van der Waals surface area contributed by atoms with Gasteiger partial charge < -0.3 is 15.5 Å². The van der Waals surface area contributed by atoms with Gasteiger partial charge in [-0.1, -0.05) is 6.07 Å². The first-order valence-corrected chi connectivity index (χ1v) is 10.7. The van der Waals surface area contributed by atoms with Crippen LogP contribution in [-0.2, 0) is 4.79 Å². The molecule has 0 bridgehead atoms. The second-order valence-corrected chi connectivity index (χ2v) is 7.85. The van der Waals surface area contributed by atoms with Gasteiger partial charge in [0.1, 0.15) is 12.1 Å². The Bertz CT molecular complexity index is 1280. The van der Waals surface area contributed by atoms with Gasteiger partial charge in [0.25, 0.3) is 5.91 Å². The van der Waals surface area contributed by atoms with Gasteiger partial charge in [-0.2, -0.15) is 4.52 Å². The van der Waals surface area contributed by atoms with E-state index in [-0.39, 0.29) is 17.7 Å². The zero-order chi connectivity index (χ0) is 22.6. The number of nitrogens with one attached hydrogen (secondary N) is 2. The minimum atomic E-state index is -0.247. The van der Waals surface area contributed by atoms with Crippen LogP contribution in [0.1, 0.15) is 23.2 Å². The summed E-state index contributed by atoms with van der Waals surface area (Å²) < 4.78 is 1.64. The maximum Gasteiger partial charge on any atom is 0.255 e. The van der Waals surface area contributed by atoms with Crippen LogP contribution in [0.5, 0.6) is 0 Å². The van der Waals surface area contributed by atoms with Gasteiger partial charge in [-0.25, -0.2) is 0 Å². The molecular formula is C23H22N8O2. The highest BCUT2D eigenvalue weighted by atomic mass is 16.2. The average molecular weight is 442 g/mol. The summed E-state index contributed by atoms with van der Waals surface area (Å²) in [5.74, 6) is 0.454. The number of hydrogen-bond acceptors (Lipinski definition) is 7. The minimum Gasteiger partial charge on any atom is -0.355 e. The van der Waals surface area contributed by atoms with Crippen molar-refractivity contribution in [3.63, 3.8) is 0 Å². The van der Waals surface area contributed by atoms with Crippen LogP contribution in [0.4, 0.5) is 17.2 Å². The van der Waals surface area contributed by atoms with Gasteiger partial charge in [0.15, 0.2) is 5.65 Å². The lowest BCUT2D eigenvalue weighted by Gasteiger charge is -2.32. The van der Waals surface area contributed by atoms with E-state index in [1.807, 2.05) is 12.1 Å². The number of benzene rings is 1. The van der Waals surface area contributed by atoms with E-state index in [1.165, 1.54) is 0 Å². The number of rotatable bonds is 5. The normalized spacial score (nSPS) is 14.2. The Kier molecular flexibility index (Phi) is 5.62. The molecule has 0 spiro atoms. The lowest BCUT2D eigenvalue weighted by molar-refractivity contribution is -0.120. The molecule has 33 heavy (non-hydrogen) atoms. The van der Waals surface area contributed by atoms with Crippen LogP contribution in [0.2, 0.25) is 0 Å². The second-order valence-electron chi connectivity index (χ2n) is 7.85. The van der Waals surface area contributed by atoms with E-state index in [2.05, 4.69) is 35.8 Å². The number of pyridine rings is 1. The quantitative estimate of drug-likeness (QED) is 0.488. The predicted octanol–water partition coefficient (Wildman–Crippen LogP) is 2.63. The molecule has 0 radical (unpaired) electrons. The van der Waals surface area contributed by atoms with Gasteiger partial charge in [-0.3, -0.25) is 14.6 Å². The van der Waals surface area contributed by atoms with E-state index in [1.54, 1.807) is 59.6 Å². The number of piperidine rings is 1. The summed E-state index contributed by atoms with van der Waals surface area (Å²) in [6.45, 7) is 1.46. The number of carbonyl (C=O) groups is 2. The molecule has 0 aliphatic carbocycles. The molecule has 1 saturated heterocycles.